The molecule has 118 valence electrons. The van der Waals surface area contributed by atoms with Gasteiger partial charge in [0.1, 0.15) is 6.04 Å². The number of amides is 2. The molecule has 2 amide bonds. The predicted molar refractivity (Wildman–Crippen MR) is 87.4 cm³/mol. The van der Waals surface area contributed by atoms with E-state index >= 15 is 0 Å². The molecule has 0 heterocycles. The fourth-order valence-electron chi connectivity index (χ4n) is 1.53. The average Bonchev–Trinajstić information content (AvgIpc) is 2.37. The van der Waals surface area contributed by atoms with Gasteiger partial charge in [-0.3, -0.25) is 9.59 Å². The van der Waals surface area contributed by atoms with E-state index in [2.05, 4.69) is 10.6 Å². The Morgan fingerprint density at radius 3 is 2.10 bits per heavy atom. The van der Waals surface area contributed by atoms with Gasteiger partial charge in [-0.2, -0.15) is 0 Å². The Labute approximate surface area is 132 Å². The maximum Gasteiger partial charge on any atom is 0.246 e. The first kappa shape index (κ1) is 19.4. The zero-order valence-corrected chi connectivity index (χ0v) is 13.7. The van der Waals surface area contributed by atoms with Crippen LogP contribution in [0, 0.1) is 5.41 Å². The van der Waals surface area contributed by atoms with Crippen molar-refractivity contribution in [2.75, 3.05) is 5.32 Å². The number of anilines is 1. The van der Waals surface area contributed by atoms with Gasteiger partial charge in [-0.25, -0.2) is 0 Å². The van der Waals surface area contributed by atoms with E-state index in [1.807, 2.05) is 39.0 Å². The molecular formula is C15H24ClN3O2. The van der Waals surface area contributed by atoms with Crippen LogP contribution in [0.2, 0.25) is 0 Å². The molecule has 1 aromatic rings. The van der Waals surface area contributed by atoms with Gasteiger partial charge < -0.3 is 16.4 Å². The van der Waals surface area contributed by atoms with Crippen LogP contribution in [0.25, 0.3) is 0 Å². The van der Waals surface area contributed by atoms with Crippen LogP contribution in [0.3, 0.4) is 0 Å². The first-order valence-electron chi connectivity index (χ1n) is 6.63. The molecule has 4 N–H and O–H groups in total. The summed E-state index contributed by atoms with van der Waals surface area (Å²) in [6, 6.07) is 7.79. The number of hydrogen-bond acceptors (Lipinski definition) is 3. The molecule has 0 saturated heterocycles. The highest BCUT2D eigenvalue weighted by Crippen LogP contribution is 2.17. The highest BCUT2D eigenvalue weighted by molar-refractivity contribution is 5.97. The van der Waals surface area contributed by atoms with Gasteiger partial charge in [-0.15, -0.1) is 12.4 Å². The van der Waals surface area contributed by atoms with E-state index in [4.69, 9.17) is 5.73 Å². The Kier molecular flexibility index (Phi) is 7.39. The predicted octanol–water partition coefficient (Wildman–Crippen LogP) is 1.92. The molecule has 1 unspecified atom stereocenters. The summed E-state index contributed by atoms with van der Waals surface area (Å²) in [5.74, 6) is -0.598. The van der Waals surface area contributed by atoms with E-state index < -0.39 is 12.1 Å². The molecule has 2 atom stereocenters. The first-order valence-corrected chi connectivity index (χ1v) is 6.63. The van der Waals surface area contributed by atoms with Crippen molar-refractivity contribution in [2.45, 2.75) is 39.8 Å². The van der Waals surface area contributed by atoms with Crippen LogP contribution in [0.4, 0.5) is 5.69 Å². The third-order valence-corrected chi connectivity index (χ3v) is 3.01. The SMILES string of the molecule is CC(NC(=O)[C@@H](N)C(C)(C)C)C(=O)Nc1ccccc1.Cl. The summed E-state index contributed by atoms with van der Waals surface area (Å²) in [7, 11) is 0. The lowest BCUT2D eigenvalue weighted by Crippen LogP contribution is -2.53. The zero-order valence-electron chi connectivity index (χ0n) is 12.8. The first-order chi connectivity index (χ1) is 9.21. The maximum atomic E-state index is 12.0. The summed E-state index contributed by atoms with van der Waals surface area (Å²) in [5, 5.41) is 5.36. The lowest BCUT2D eigenvalue weighted by molar-refractivity contribution is -0.128. The second-order valence-corrected chi connectivity index (χ2v) is 5.93. The van der Waals surface area contributed by atoms with Crippen molar-refractivity contribution < 1.29 is 9.59 Å². The third kappa shape index (κ3) is 6.14. The highest BCUT2D eigenvalue weighted by atomic mass is 35.5. The van der Waals surface area contributed by atoms with Gasteiger partial charge in [0, 0.05) is 5.69 Å². The Hall–Kier alpha value is -1.59. The molecule has 21 heavy (non-hydrogen) atoms. The van der Waals surface area contributed by atoms with Crippen LogP contribution in [-0.4, -0.2) is 23.9 Å². The standard InChI is InChI=1S/C15H23N3O2.ClH/c1-10(17-14(20)12(16)15(2,3)4)13(19)18-11-8-6-5-7-9-11;/h5-10,12H,16H2,1-4H3,(H,17,20)(H,18,19);1H/t10?,12-;/m1./s1. The highest BCUT2D eigenvalue weighted by Gasteiger charge is 2.29. The number of carbonyl (C=O) groups excluding carboxylic acids is 2. The monoisotopic (exact) mass is 313 g/mol. The maximum absolute atomic E-state index is 12.0. The number of halogens is 1. The quantitative estimate of drug-likeness (QED) is 0.794. The molecule has 0 radical (unpaired) electrons. The zero-order chi connectivity index (χ0) is 15.3. The molecule has 0 aliphatic rings. The van der Waals surface area contributed by atoms with Crippen molar-refractivity contribution in [3.05, 3.63) is 30.3 Å². The topological polar surface area (TPSA) is 84.2 Å². The minimum Gasteiger partial charge on any atom is -0.343 e. The van der Waals surface area contributed by atoms with Gasteiger partial charge in [0.15, 0.2) is 0 Å². The second-order valence-electron chi connectivity index (χ2n) is 5.93. The molecule has 0 aliphatic carbocycles. The van der Waals surface area contributed by atoms with E-state index in [0.717, 1.165) is 0 Å². The number of rotatable bonds is 4. The van der Waals surface area contributed by atoms with Crippen LogP contribution in [0.15, 0.2) is 30.3 Å². The molecule has 0 fully saturated rings. The molecule has 1 rings (SSSR count). The number of para-hydroxylation sites is 1. The van der Waals surface area contributed by atoms with Crippen molar-refractivity contribution in [1.29, 1.82) is 0 Å². The molecule has 5 nitrogen and oxygen atoms in total. The summed E-state index contributed by atoms with van der Waals surface area (Å²) in [4.78, 5) is 23.9. The van der Waals surface area contributed by atoms with Gasteiger partial charge in [0.05, 0.1) is 6.04 Å². The average molecular weight is 314 g/mol. The molecule has 0 saturated carbocycles. The number of nitrogens with two attached hydrogens (primary N) is 1. The van der Waals surface area contributed by atoms with Gasteiger partial charge >= 0.3 is 0 Å². The minimum absolute atomic E-state index is 0. The summed E-state index contributed by atoms with van der Waals surface area (Å²) < 4.78 is 0. The number of benzene rings is 1. The lowest BCUT2D eigenvalue weighted by atomic mass is 9.87. The Morgan fingerprint density at radius 1 is 1.10 bits per heavy atom. The van der Waals surface area contributed by atoms with E-state index in [9.17, 15) is 9.59 Å². The summed E-state index contributed by atoms with van der Waals surface area (Å²) in [6.45, 7) is 7.27. The molecule has 0 aliphatic heterocycles. The van der Waals surface area contributed by atoms with E-state index in [0.29, 0.717) is 5.69 Å². The van der Waals surface area contributed by atoms with Crippen LogP contribution < -0.4 is 16.4 Å². The van der Waals surface area contributed by atoms with Crippen molar-refractivity contribution in [2.24, 2.45) is 11.1 Å². The van der Waals surface area contributed by atoms with Crippen molar-refractivity contribution in [1.82, 2.24) is 5.32 Å². The van der Waals surface area contributed by atoms with Crippen LogP contribution in [0.5, 0.6) is 0 Å². The smallest absolute Gasteiger partial charge is 0.246 e. The van der Waals surface area contributed by atoms with Gasteiger partial charge in [-0.05, 0) is 24.5 Å². The minimum atomic E-state index is -0.658. The number of carbonyl (C=O) groups is 2. The molecule has 0 aromatic heterocycles. The van der Waals surface area contributed by atoms with Gasteiger partial charge in [0.25, 0.3) is 0 Å². The third-order valence-electron chi connectivity index (χ3n) is 3.01. The number of nitrogens with one attached hydrogen (secondary N) is 2. The van der Waals surface area contributed by atoms with E-state index in [1.165, 1.54) is 0 Å². The second kappa shape index (κ2) is 8.00. The molecule has 1 aromatic carbocycles. The van der Waals surface area contributed by atoms with Crippen molar-refractivity contribution in [3.63, 3.8) is 0 Å². The lowest BCUT2D eigenvalue weighted by Gasteiger charge is -2.27. The fraction of sp³-hybridized carbons (Fsp3) is 0.467. The molecule has 0 spiro atoms. The van der Waals surface area contributed by atoms with Crippen LogP contribution in [-0.2, 0) is 9.59 Å². The Bertz CT molecular complexity index is 472. The molecule has 6 heteroatoms. The van der Waals surface area contributed by atoms with Crippen molar-refractivity contribution in [3.8, 4) is 0 Å². The Balaban J connectivity index is 0.00000400. The largest absolute Gasteiger partial charge is 0.343 e. The Morgan fingerprint density at radius 2 is 1.62 bits per heavy atom. The molecular weight excluding hydrogens is 290 g/mol. The van der Waals surface area contributed by atoms with E-state index in [-0.39, 0.29) is 29.6 Å². The van der Waals surface area contributed by atoms with Gasteiger partial charge in [0.2, 0.25) is 11.8 Å². The number of hydrogen-bond donors (Lipinski definition) is 3. The van der Waals surface area contributed by atoms with Crippen molar-refractivity contribution >= 4 is 29.9 Å². The van der Waals surface area contributed by atoms with Gasteiger partial charge in [-0.1, -0.05) is 39.0 Å². The van der Waals surface area contributed by atoms with Crippen LogP contribution >= 0.6 is 12.4 Å². The van der Waals surface area contributed by atoms with Crippen LogP contribution in [0.1, 0.15) is 27.7 Å². The summed E-state index contributed by atoms with van der Waals surface area (Å²) in [5.41, 5.74) is 6.20. The molecule has 0 bridgehead atoms. The normalized spacial score (nSPS) is 13.6. The summed E-state index contributed by atoms with van der Waals surface area (Å²) >= 11 is 0. The summed E-state index contributed by atoms with van der Waals surface area (Å²) in [6.07, 6.45) is 0. The van der Waals surface area contributed by atoms with E-state index in [1.54, 1.807) is 19.1 Å². The fourth-order valence-corrected chi connectivity index (χ4v) is 1.53.